The number of methoxy groups -OCH3 is 1. The minimum atomic E-state index is -0.510. The highest BCUT2D eigenvalue weighted by Crippen LogP contribution is 2.45. The summed E-state index contributed by atoms with van der Waals surface area (Å²) in [5.41, 5.74) is 2.51. The first-order chi connectivity index (χ1) is 13.6. The van der Waals surface area contributed by atoms with Crippen LogP contribution in [0.15, 0.2) is 42.5 Å². The smallest absolute Gasteiger partial charge is 0.126 e. The maximum Gasteiger partial charge on any atom is 0.126 e. The molecule has 1 fully saturated rings. The fraction of sp³-hybridized carbons (Fsp3) is 0.435. The van der Waals surface area contributed by atoms with Crippen molar-refractivity contribution in [1.29, 1.82) is 5.26 Å². The fourth-order valence-electron chi connectivity index (χ4n) is 4.27. The number of nitrogens with zero attached hydrogens (tertiary/aromatic N) is 2. The summed E-state index contributed by atoms with van der Waals surface area (Å²) in [7, 11) is 1.63. The van der Waals surface area contributed by atoms with Gasteiger partial charge in [0.2, 0.25) is 0 Å². The minimum Gasteiger partial charge on any atom is -0.497 e. The molecule has 0 unspecified atom stereocenters. The Kier molecular flexibility index (Phi) is 5.25. The summed E-state index contributed by atoms with van der Waals surface area (Å²) < 4.78 is 11.7. The second kappa shape index (κ2) is 7.83. The number of rotatable bonds is 4. The molecule has 0 radical (unpaired) electrons. The number of nitriles is 1. The maximum absolute atomic E-state index is 10.7. The van der Waals surface area contributed by atoms with Crippen LogP contribution in [0.1, 0.15) is 42.1 Å². The van der Waals surface area contributed by atoms with Gasteiger partial charge in [0.05, 0.1) is 24.8 Å². The van der Waals surface area contributed by atoms with Crippen LogP contribution in [0, 0.1) is 11.3 Å². The Morgan fingerprint density at radius 2 is 1.96 bits per heavy atom. The average molecular weight is 378 g/mol. The Bertz CT molecular complexity index is 864. The summed E-state index contributed by atoms with van der Waals surface area (Å²) in [4.78, 5) is 2.46. The molecule has 1 saturated heterocycles. The van der Waals surface area contributed by atoms with Crippen LogP contribution in [0.4, 0.5) is 0 Å². The number of likely N-dealkylation sites (tertiary alicyclic amines) is 1. The van der Waals surface area contributed by atoms with Crippen LogP contribution < -0.4 is 9.47 Å². The number of aliphatic hydroxyl groups is 1. The van der Waals surface area contributed by atoms with E-state index in [0.29, 0.717) is 12.0 Å². The van der Waals surface area contributed by atoms with E-state index < -0.39 is 6.10 Å². The van der Waals surface area contributed by atoms with Gasteiger partial charge in [0, 0.05) is 31.6 Å². The number of fused-ring (bicyclic) bond motifs is 1. The Morgan fingerprint density at radius 3 is 2.64 bits per heavy atom. The number of aliphatic hydroxyl groups excluding tert-OH is 1. The van der Waals surface area contributed by atoms with Crippen molar-refractivity contribution >= 4 is 0 Å². The molecule has 146 valence electrons. The summed E-state index contributed by atoms with van der Waals surface area (Å²) in [6.07, 6.45) is 2.94. The van der Waals surface area contributed by atoms with Crippen LogP contribution in [0.5, 0.6) is 11.5 Å². The predicted octanol–water partition coefficient (Wildman–Crippen LogP) is 3.46. The van der Waals surface area contributed by atoms with E-state index in [9.17, 15) is 5.11 Å². The largest absolute Gasteiger partial charge is 0.497 e. The first-order valence-corrected chi connectivity index (χ1v) is 9.87. The van der Waals surface area contributed by atoms with Crippen molar-refractivity contribution in [2.45, 2.75) is 37.4 Å². The van der Waals surface area contributed by atoms with Gasteiger partial charge in [-0.25, -0.2) is 0 Å². The first-order valence-electron chi connectivity index (χ1n) is 9.87. The summed E-state index contributed by atoms with van der Waals surface area (Å²) in [6.45, 7) is 2.93. The maximum atomic E-state index is 10.7. The lowest BCUT2D eigenvalue weighted by atomic mass is 9.81. The summed E-state index contributed by atoms with van der Waals surface area (Å²) in [5.74, 6) is 1.53. The van der Waals surface area contributed by atoms with E-state index in [1.54, 1.807) is 7.11 Å². The molecule has 0 bridgehead atoms. The van der Waals surface area contributed by atoms with E-state index in [0.717, 1.165) is 56.0 Å². The van der Waals surface area contributed by atoms with Crippen LogP contribution in [-0.2, 0) is 6.42 Å². The van der Waals surface area contributed by atoms with Crippen LogP contribution in [-0.4, -0.2) is 42.4 Å². The van der Waals surface area contributed by atoms with Crippen LogP contribution in [0.3, 0.4) is 0 Å². The SMILES string of the molecule is COc1ccc2c(c1)[C@@H](O)CC1(CCN(CCc3ccc(C#N)cc3)CC1)O2. The third-order valence-corrected chi connectivity index (χ3v) is 6.03. The molecule has 1 spiro atoms. The third-order valence-electron chi connectivity index (χ3n) is 6.03. The van der Waals surface area contributed by atoms with Crippen molar-refractivity contribution < 1.29 is 14.6 Å². The average Bonchev–Trinajstić information content (AvgIpc) is 2.73. The monoisotopic (exact) mass is 378 g/mol. The highest BCUT2D eigenvalue weighted by molar-refractivity contribution is 5.43. The summed E-state index contributed by atoms with van der Waals surface area (Å²) >= 11 is 0. The number of hydrogen-bond donors (Lipinski definition) is 1. The molecular formula is C23H26N2O3. The van der Waals surface area contributed by atoms with Crippen LogP contribution in [0.2, 0.25) is 0 Å². The molecule has 0 aliphatic carbocycles. The van der Waals surface area contributed by atoms with Gasteiger partial charge in [-0.05, 0) is 55.2 Å². The molecule has 1 N–H and O–H groups in total. The van der Waals surface area contributed by atoms with Crippen LogP contribution in [0.25, 0.3) is 0 Å². The quantitative estimate of drug-likeness (QED) is 0.883. The van der Waals surface area contributed by atoms with Gasteiger partial charge in [-0.3, -0.25) is 0 Å². The molecule has 1 atom stereocenters. The van der Waals surface area contributed by atoms with E-state index in [4.69, 9.17) is 14.7 Å². The van der Waals surface area contributed by atoms with Gasteiger partial charge >= 0.3 is 0 Å². The Balaban J connectivity index is 1.35. The van der Waals surface area contributed by atoms with Crippen molar-refractivity contribution in [3.63, 3.8) is 0 Å². The van der Waals surface area contributed by atoms with Crippen molar-refractivity contribution in [2.24, 2.45) is 0 Å². The van der Waals surface area contributed by atoms with E-state index in [1.807, 2.05) is 42.5 Å². The number of benzene rings is 2. The molecule has 2 aliphatic heterocycles. The second-order valence-electron chi connectivity index (χ2n) is 7.81. The van der Waals surface area contributed by atoms with Gasteiger partial charge in [-0.2, -0.15) is 5.26 Å². The molecule has 0 saturated carbocycles. The normalized spacial score (nSPS) is 20.8. The van der Waals surface area contributed by atoms with Gasteiger partial charge in [-0.15, -0.1) is 0 Å². The van der Waals surface area contributed by atoms with Crippen molar-refractivity contribution in [3.8, 4) is 17.6 Å². The number of hydrogen-bond acceptors (Lipinski definition) is 5. The second-order valence-corrected chi connectivity index (χ2v) is 7.81. The van der Waals surface area contributed by atoms with E-state index in [2.05, 4.69) is 11.0 Å². The molecular weight excluding hydrogens is 352 g/mol. The zero-order chi connectivity index (χ0) is 19.6. The van der Waals surface area contributed by atoms with Gasteiger partial charge in [0.25, 0.3) is 0 Å². The minimum absolute atomic E-state index is 0.272. The number of ether oxygens (including phenoxy) is 2. The molecule has 2 aliphatic rings. The standard InChI is InChI=1S/C23H26N2O3/c1-27-19-6-7-22-20(14-19)21(26)15-23(28-22)9-12-25(13-10-23)11-8-17-2-4-18(16-24)5-3-17/h2-7,14,21,26H,8-13,15H2,1H3/t21-/m0/s1. The Morgan fingerprint density at radius 1 is 1.21 bits per heavy atom. The van der Waals surface area contributed by atoms with Crippen molar-refractivity contribution in [1.82, 2.24) is 4.90 Å². The topological polar surface area (TPSA) is 65.7 Å². The van der Waals surface area contributed by atoms with Gasteiger partial charge < -0.3 is 19.5 Å². The van der Waals surface area contributed by atoms with Gasteiger partial charge in [-0.1, -0.05) is 12.1 Å². The van der Waals surface area contributed by atoms with Gasteiger partial charge in [0.15, 0.2) is 0 Å². The summed E-state index contributed by atoms with van der Waals surface area (Å²) in [5, 5.41) is 19.6. The predicted molar refractivity (Wildman–Crippen MR) is 106 cm³/mol. The molecule has 2 heterocycles. The molecule has 0 amide bonds. The fourth-order valence-corrected chi connectivity index (χ4v) is 4.27. The van der Waals surface area contributed by atoms with Crippen molar-refractivity contribution in [2.75, 3.05) is 26.7 Å². The highest BCUT2D eigenvalue weighted by Gasteiger charge is 2.42. The Labute approximate surface area is 166 Å². The molecule has 2 aromatic carbocycles. The zero-order valence-electron chi connectivity index (χ0n) is 16.2. The number of piperidine rings is 1. The molecule has 28 heavy (non-hydrogen) atoms. The van der Waals surface area contributed by atoms with Crippen molar-refractivity contribution in [3.05, 3.63) is 59.2 Å². The van der Waals surface area contributed by atoms with Gasteiger partial charge in [0.1, 0.15) is 17.1 Å². The molecule has 4 rings (SSSR count). The molecule has 0 aromatic heterocycles. The van der Waals surface area contributed by atoms with E-state index >= 15 is 0 Å². The van der Waals surface area contributed by atoms with E-state index in [1.165, 1.54) is 5.56 Å². The lowest BCUT2D eigenvalue weighted by Gasteiger charge is -2.46. The Hall–Kier alpha value is -2.55. The lowest BCUT2D eigenvalue weighted by molar-refractivity contribution is -0.0537. The molecule has 5 heteroatoms. The highest BCUT2D eigenvalue weighted by atomic mass is 16.5. The van der Waals surface area contributed by atoms with E-state index in [-0.39, 0.29) is 5.60 Å². The third kappa shape index (κ3) is 3.84. The zero-order valence-corrected chi connectivity index (χ0v) is 16.2. The first kappa shape index (κ1) is 18.8. The molecule has 2 aromatic rings. The summed E-state index contributed by atoms with van der Waals surface area (Å²) in [6, 6.07) is 15.7. The lowest BCUT2D eigenvalue weighted by Crippen LogP contribution is -2.50. The van der Waals surface area contributed by atoms with Crippen LogP contribution >= 0.6 is 0 Å². The molecule has 5 nitrogen and oxygen atoms in total.